The Morgan fingerprint density at radius 1 is 1.32 bits per heavy atom. The van der Waals surface area contributed by atoms with E-state index < -0.39 is 11.4 Å². The quantitative estimate of drug-likeness (QED) is 0.812. The molecule has 0 saturated carbocycles. The van der Waals surface area contributed by atoms with Crippen molar-refractivity contribution in [3.05, 3.63) is 29.3 Å². The monoisotopic (exact) mass is 282 g/mol. The molecule has 0 radical (unpaired) electrons. The Morgan fingerprint density at radius 3 is 2.42 bits per heavy atom. The number of aryl methyl sites for hydroxylation is 1. The van der Waals surface area contributed by atoms with Crippen molar-refractivity contribution in [2.24, 2.45) is 0 Å². The highest BCUT2D eigenvalue weighted by atomic mass is 32.2. The van der Waals surface area contributed by atoms with Crippen molar-refractivity contribution in [2.75, 3.05) is 11.9 Å². The van der Waals surface area contributed by atoms with E-state index in [1.807, 2.05) is 27.7 Å². The lowest BCUT2D eigenvalue weighted by atomic mass is 10.0. The number of benzene rings is 1. The van der Waals surface area contributed by atoms with Gasteiger partial charge in [-0.05, 0) is 58.7 Å². The molecule has 2 N–H and O–H groups in total. The summed E-state index contributed by atoms with van der Waals surface area (Å²) in [5, 5.41) is 3.33. The van der Waals surface area contributed by atoms with Gasteiger partial charge >= 0.3 is 0 Å². The highest BCUT2D eigenvalue weighted by molar-refractivity contribution is 7.90. The summed E-state index contributed by atoms with van der Waals surface area (Å²) in [4.78, 5) is 0. The first-order valence-electron chi connectivity index (χ1n) is 6.78. The molecule has 0 aliphatic carbocycles. The number of hydrogen-bond donors (Lipinski definition) is 2. The largest absolute Gasteiger partial charge is 0.598 e. The summed E-state index contributed by atoms with van der Waals surface area (Å²) in [6.07, 6.45) is 0. The van der Waals surface area contributed by atoms with E-state index in [1.54, 1.807) is 0 Å². The molecule has 4 heteroatoms. The number of hydrogen-bond acceptors (Lipinski definition) is 3. The Bertz CT molecular complexity index is 415. The Balaban J connectivity index is 2.78. The first-order valence-corrected chi connectivity index (χ1v) is 7.93. The zero-order valence-electron chi connectivity index (χ0n) is 12.8. The zero-order valence-corrected chi connectivity index (χ0v) is 13.6. The highest BCUT2D eigenvalue weighted by Gasteiger charge is 2.28. The Morgan fingerprint density at radius 2 is 1.95 bits per heavy atom. The van der Waals surface area contributed by atoms with E-state index in [2.05, 4.69) is 42.1 Å². The molecule has 1 rings (SSSR count). The van der Waals surface area contributed by atoms with E-state index in [-0.39, 0.29) is 10.8 Å². The molecule has 0 bridgehead atoms. The second kappa shape index (κ2) is 6.64. The molecule has 0 saturated heterocycles. The summed E-state index contributed by atoms with van der Waals surface area (Å²) in [5.74, 6) is 0. The summed E-state index contributed by atoms with van der Waals surface area (Å²) in [7, 11) is 0. The van der Waals surface area contributed by atoms with Crippen LogP contribution in [-0.2, 0) is 11.4 Å². The van der Waals surface area contributed by atoms with E-state index >= 15 is 0 Å². The van der Waals surface area contributed by atoms with Crippen molar-refractivity contribution in [3.63, 3.8) is 0 Å². The first kappa shape index (κ1) is 16.3. The van der Waals surface area contributed by atoms with E-state index in [0.29, 0.717) is 0 Å². The van der Waals surface area contributed by atoms with Crippen LogP contribution < -0.4 is 10.0 Å². The van der Waals surface area contributed by atoms with Gasteiger partial charge in [-0.3, -0.25) is 0 Å². The maximum Gasteiger partial charge on any atom is 0.136 e. The molecule has 2 atom stereocenters. The fraction of sp³-hybridized carbons (Fsp3) is 0.600. The molecule has 0 heterocycles. The molecule has 0 aromatic heterocycles. The smallest absolute Gasteiger partial charge is 0.136 e. The third-order valence-electron chi connectivity index (χ3n) is 2.96. The minimum absolute atomic E-state index is 0.0782. The van der Waals surface area contributed by atoms with Gasteiger partial charge in [0.2, 0.25) is 0 Å². The Kier molecular flexibility index (Phi) is 5.71. The van der Waals surface area contributed by atoms with E-state index in [9.17, 15) is 4.55 Å². The normalized spacial score (nSPS) is 15.1. The fourth-order valence-electron chi connectivity index (χ4n) is 1.75. The molecule has 0 fully saturated rings. The standard InChI is InChI=1S/C15H26N2OS/c1-7-16-14-9-8-13(10-11(14)2)12(3)17-19(18)15(4,5)6/h8-10,12,16-17H,7H2,1-6H3/t12-,19-/m1/s1. The summed E-state index contributed by atoms with van der Waals surface area (Å²) in [6.45, 7) is 13.1. The van der Waals surface area contributed by atoms with Crippen LogP contribution in [0.4, 0.5) is 5.69 Å². The molecular formula is C15H26N2OS. The van der Waals surface area contributed by atoms with E-state index in [4.69, 9.17) is 0 Å². The SMILES string of the molecule is CCNc1ccc([C@@H](C)N[S@+]([O-])C(C)(C)C)cc1C. The van der Waals surface area contributed by atoms with Crippen molar-refractivity contribution in [1.29, 1.82) is 0 Å². The van der Waals surface area contributed by atoms with Gasteiger partial charge in [0, 0.05) is 23.6 Å². The molecular weight excluding hydrogens is 256 g/mol. The van der Waals surface area contributed by atoms with Gasteiger partial charge in [0.05, 0.1) is 6.04 Å². The predicted molar refractivity (Wildman–Crippen MR) is 84.8 cm³/mol. The van der Waals surface area contributed by atoms with Gasteiger partial charge in [-0.1, -0.05) is 12.1 Å². The van der Waals surface area contributed by atoms with Crippen LogP contribution in [0.5, 0.6) is 0 Å². The molecule has 0 aliphatic heterocycles. The molecule has 108 valence electrons. The number of anilines is 1. The van der Waals surface area contributed by atoms with Crippen LogP contribution in [0.2, 0.25) is 0 Å². The lowest BCUT2D eigenvalue weighted by Crippen LogP contribution is -2.40. The van der Waals surface area contributed by atoms with Crippen molar-refractivity contribution in [2.45, 2.75) is 52.3 Å². The highest BCUT2D eigenvalue weighted by Crippen LogP contribution is 2.23. The van der Waals surface area contributed by atoms with Gasteiger partial charge in [0.25, 0.3) is 0 Å². The van der Waals surface area contributed by atoms with Gasteiger partial charge in [-0.15, -0.1) is 4.72 Å². The van der Waals surface area contributed by atoms with Crippen LogP contribution in [-0.4, -0.2) is 15.8 Å². The second-order valence-electron chi connectivity index (χ2n) is 5.83. The summed E-state index contributed by atoms with van der Waals surface area (Å²) in [5.41, 5.74) is 3.54. The topological polar surface area (TPSA) is 47.1 Å². The van der Waals surface area contributed by atoms with Crippen LogP contribution in [0, 0.1) is 6.92 Å². The zero-order chi connectivity index (χ0) is 14.6. The minimum atomic E-state index is -1.05. The maximum atomic E-state index is 12.1. The molecule has 19 heavy (non-hydrogen) atoms. The van der Waals surface area contributed by atoms with Crippen LogP contribution >= 0.6 is 0 Å². The molecule has 0 amide bonds. The van der Waals surface area contributed by atoms with Crippen molar-refractivity contribution in [3.8, 4) is 0 Å². The minimum Gasteiger partial charge on any atom is -0.598 e. The van der Waals surface area contributed by atoms with Crippen molar-refractivity contribution < 1.29 is 4.55 Å². The van der Waals surface area contributed by atoms with Gasteiger partial charge < -0.3 is 9.87 Å². The Labute approximate surface area is 120 Å². The number of nitrogens with one attached hydrogen (secondary N) is 2. The van der Waals surface area contributed by atoms with Gasteiger partial charge in [0.1, 0.15) is 4.75 Å². The van der Waals surface area contributed by atoms with Crippen molar-refractivity contribution in [1.82, 2.24) is 4.72 Å². The molecule has 3 nitrogen and oxygen atoms in total. The third-order valence-corrected chi connectivity index (χ3v) is 4.64. The predicted octanol–water partition coefficient (Wildman–Crippen LogP) is 3.54. The number of rotatable bonds is 5. The average Bonchev–Trinajstić information content (AvgIpc) is 2.30. The van der Waals surface area contributed by atoms with Crippen LogP contribution in [0.15, 0.2) is 18.2 Å². The summed E-state index contributed by atoms with van der Waals surface area (Å²) >= 11 is -1.05. The third kappa shape index (κ3) is 4.71. The van der Waals surface area contributed by atoms with Gasteiger partial charge in [0.15, 0.2) is 0 Å². The fourth-order valence-corrected chi connectivity index (χ4v) is 2.56. The maximum absolute atomic E-state index is 12.1. The molecule has 1 aromatic carbocycles. The molecule has 1 aromatic rings. The van der Waals surface area contributed by atoms with E-state index in [1.165, 1.54) is 5.56 Å². The summed E-state index contributed by atoms with van der Waals surface area (Å²) < 4.78 is 15.0. The van der Waals surface area contributed by atoms with Gasteiger partial charge in [-0.25, -0.2) is 0 Å². The van der Waals surface area contributed by atoms with Crippen LogP contribution in [0.3, 0.4) is 0 Å². The lowest BCUT2D eigenvalue weighted by Gasteiger charge is -2.26. The molecule has 0 spiro atoms. The lowest BCUT2D eigenvalue weighted by molar-refractivity contribution is 0.531. The van der Waals surface area contributed by atoms with E-state index in [0.717, 1.165) is 17.8 Å². The van der Waals surface area contributed by atoms with Crippen LogP contribution in [0.1, 0.15) is 51.8 Å². The summed E-state index contributed by atoms with van der Waals surface area (Å²) in [6, 6.07) is 6.40. The van der Waals surface area contributed by atoms with Gasteiger partial charge in [-0.2, -0.15) is 0 Å². The van der Waals surface area contributed by atoms with Crippen LogP contribution in [0.25, 0.3) is 0 Å². The molecule has 0 aliphatic rings. The average molecular weight is 282 g/mol. The Hall–Kier alpha value is -0.710. The second-order valence-corrected chi connectivity index (χ2v) is 7.82. The first-order chi connectivity index (χ1) is 8.75. The molecule has 0 unspecified atom stereocenters. The van der Waals surface area contributed by atoms with Crippen molar-refractivity contribution >= 4 is 17.0 Å².